The molecule has 2 aromatic carbocycles. The van der Waals surface area contributed by atoms with Gasteiger partial charge in [-0.25, -0.2) is 26.5 Å². The number of nitrogens with zero attached hydrogens (tertiary/aromatic N) is 2. The fourth-order valence-electron chi connectivity index (χ4n) is 2.04. The van der Waals surface area contributed by atoms with Crippen molar-refractivity contribution in [3.05, 3.63) is 72.9 Å². The van der Waals surface area contributed by atoms with Gasteiger partial charge in [-0.15, -0.1) is 0 Å². The normalized spacial score (nSPS) is 11.7. The molecule has 0 saturated carbocycles. The second-order valence-electron chi connectivity index (χ2n) is 5.10. The van der Waals surface area contributed by atoms with Crippen LogP contribution in [-0.4, -0.2) is 26.8 Å². The fraction of sp³-hybridized carbons (Fsp3) is 0. The van der Waals surface area contributed by atoms with Crippen molar-refractivity contribution < 1.29 is 16.8 Å². The van der Waals surface area contributed by atoms with Crippen LogP contribution in [-0.2, 0) is 20.0 Å². The van der Waals surface area contributed by atoms with E-state index in [-0.39, 0.29) is 21.6 Å². The number of sulfonamides is 2. The van der Waals surface area contributed by atoms with Crippen molar-refractivity contribution in [1.82, 2.24) is 9.97 Å². The second kappa shape index (κ2) is 7.10. The summed E-state index contributed by atoms with van der Waals surface area (Å²) >= 11 is 0. The van der Waals surface area contributed by atoms with Crippen LogP contribution in [0.3, 0.4) is 0 Å². The van der Waals surface area contributed by atoms with Gasteiger partial charge in [-0.2, -0.15) is 4.98 Å². The van der Waals surface area contributed by atoms with Gasteiger partial charge >= 0.3 is 0 Å². The van der Waals surface area contributed by atoms with E-state index in [1.54, 1.807) is 36.4 Å². The highest BCUT2D eigenvalue weighted by atomic mass is 32.2. The lowest BCUT2D eigenvalue weighted by atomic mass is 10.4. The average molecular weight is 390 g/mol. The largest absolute Gasteiger partial charge is 0.264 e. The third-order valence-corrected chi connectivity index (χ3v) is 5.94. The van der Waals surface area contributed by atoms with Crippen molar-refractivity contribution in [2.24, 2.45) is 0 Å². The van der Waals surface area contributed by atoms with E-state index in [0.717, 1.165) is 0 Å². The molecule has 0 radical (unpaired) electrons. The Balaban J connectivity index is 1.83. The highest BCUT2D eigenvalue weighted by Crippen LogP contribution is 2.16. The number of benzene rings is 2. The zero-order chi connectivity index (χ0) is 18.6. The van der Waals surface area contributed by atoms with E-state index in [9.17, 15) is 16.8 Å². The summed E-state index contributed by atoms with van der Waals surface area (Å²) in [6.45, 7) is 0. The second-order valence-corrected chi connectivity index (χ2v) is 8.47. The van der Waals surface area contributed by atoms with Crippen LogP contribution in [0, 0.1) is 0 Å². The monoisotopic (exact) mass is 390 g/mol. The summed E-state index contributed by atoms with van der Waals surface area (Å²) in [4.78, 5) is 7.82. The van der Waals surface area contributed by atoms with E-state index in [0.29, 0.717) is 0 Å². The molecular weight excluding hydrogens is 376 g/mol. The van der Waals surface area contributed by atoms with Gasteiger partial charge in [-0.05, 0) is 30.3 Å². The van der Waals surface area contributed by atoms with Gasteiger partial charge in [-0.3, -0.25) is 4.72 Å². The van der Waals surface area contributed by atoms with Gasteiger partial charge < -0.3 is 0 Å². The van der Waals surface area contributed by atoms with Crippen LogP contribution in [0.4, 0.5) is 11.8 Å². The topological polar surface area (TPSA) is 118 Å². The molecule has 0 aliphatic heterocycles. The van der Waals surface area contributed by atoms with Crippen LogP contribution in [0.15, 0.2) is 82.7 Å². The molecule has 0 aliphatic carbocycles. The quantitative estimate of drug-likeness (QED) is 0.665. The van der Waals surface area contributed by atoms with Crippen molar-refractivity contribution in [3.8, 4) is 0 Å². The number of nitrogens with one attached hydrogen (secondary N) is 2. The molecule has 0 amide bonds. The molecule has 3 aromatic rings. The molecule has 0 saturated heterocycles. The van der Waals surface area contributed by atoms with Crippen LogP contribution in [0.1, 0.15) is 0 Å². The van der Waals surface area contributed by atoms with Gasteiger partial charge in [0, 0.05) is 6.20 Å². The predicted octanol–water partition coefficient (Wildman–Crippen LogP) is 2.08. The first-order chi connectivity index (χ1) is 12.4. The fourth-order valence-corrected chi connectivity index (χ4v) is 4.03. The predicted molar refractivity (Wildman–Crippen MR) is 96.5 cm³/mol. The smallest absolute Gasteiger partial charge is 0.263 e. The third kappa shape index (κ3) is 4.16. The number of hydrogen-bond acceptors (Lipinski definition) is 6. The van der Waals surface area contributed by atoms with E-state index >= 15 is 0 Å². The molecule has 0 fully saturated rings. The number of aromatic nitrogens is 2. The molecule has 10 heteroatoms. The summed E-state index contributed by atoms with van der Waals surface area (Å²) in [5.74, 6) is -0.309. The minimum absolute atomic E-state index is 0.0406. The molecule has 2 N–H and O–H groups in total. The minimum atomic E-state index is -3.88. The molecule has 8 nitrogen and oxygen atoms in total. The maximum Gasteiger partial charge on any atom is 0.264 e. The van der Waals surface area contributed by atoms with Gasteiger partial charge in [0.1, 0.15) is 5.82 Å². The maximum absolute atomic E-state index is 12.3. The molecule has 134 valence electrons. The Labute approximate surface area is 151 Å². The lowest BCUT2D eigenvalue weighted by molar-refractivity contribution is 0.599. The van der Waals surface area contributed by atoms with Crippen LogP contribution < -0.4 is 9.44 Å². The van der Waals surface area contributed by atoms with Crippen molar-refractivity contribution in [2.75, 3.05) is 9.44 Å². The van der Waals surface area contributed by atoms with Gasteiger partial charge in [-0.1, -0.05) is 36.4 Å². The minimum Gasteiger partial charge on any atom is -0.263 e. The number of hydrogen-bond donors (Lipinski definition) is 2. The van der Waals surface area contributed by atoms with Crippen LogP contribution in [0.2, 0.25) is 0 Å². The number of rotatable bonds is 6. The van der Waals surface area contributed by atoms with Crippen molar-refractivity contribution in [1.29, 1.82) is 0 Å². The lowest BCUT2D eigenvalue weighted by Gasteiger charge is -2.09. The van der Waals surface area contributed by atoms with Crippen LogP contribution in [0.5, 0.6) is 0 Å². The Morgan fingerprint density at radius 3 is 1.69 bits per heavy atom. The molecule has 0 aliphatic rings. The first-order valence-electron chi connectivity index (χ1n) is 7.36. The van der Waals surface area contributed by atoms with Gasteiger partial charge in [0.05, 0.1) is 9.79 Å². The molecule has 0 spiro atoms. The SMILES string of the molecule is O=S(=O)(Nc1ccnc(NS(=O)(=O)c2ccccc2)n1)c1ccccc1. The van der Waals surface area contributed by atoms with E-state index in [4.69, 9.17) is 0 Å². The standard InChI is InChI=1S/C16H14N4O4S2/c21-25(22,13-7-3-1-4-8-13)19-15-11-12-17-16(18-15)20-26(23,24)14-9-5-2-6-10-14/h1-12H,(H2,17,18,19,20). The molecule has 0 atom stereocenters. The first-order valence-corrected chi connectivity index (χ1v) is 10.3. The highest BCUT2D eigenvalue weighted by molar-refractivity contribution is 7.93. The average Bonchev–Trinajstić information content (AvgIpc) is 2.63. The van der Waals surface area contributed by atoms with E-state index in [2.05, 4.69) is 19.4 Å². The number of anilines is 2. The lowest BCUT2D eigenvalue weighted by Crippen LogP contribution is -2.17. The van der Waals surface area contributed by atoms with Crippen LogP contribution >= 0.6 is 0 Å². The molecule has 0 unspecified atom stereocenters. The molecular formula is C16H14N4O4S2. The molecule has 26 heavy (non-hydrogen) atoms. The zero-order valence-corrected chi connectivity index (χ0v) is 14.9. The molecule has 1 heterocycles. The van der Waals surface area contributed by atoms with Gasteiger partial charge in [0.2, 0.25) is 5.95 Å². The van der Waals surface area contributed by atoms with Crippen molar-refractivity contribution >= 4 is 31.8 Å². The van der Waals surface area contributed by atoms with Gasteiger partial charge in [0.15, 0.2) is 0 Å². The van der Waals surface area contributed by atoms with E-state index in [1.807, 2.05) is 0 Å². The Morgan fingerprint density at radius 2 is 1.15 bits per heavy atom. The third-order valence-electron chi connectivity index (χ3n) is 3.23. The van der Waals surface area contributed by atoms with Crippen molar-refractivity contribution in [2.45, 2.75) is 9.79 Å². The molecule has 3 rings (SSSR count). The summed E-state index contributed by atoms with van der Waals surface area (Å²) in [7, 11) is -7.72. The maximum atomic E-state index is 12.3. The molecule has 0 bridgehead atoms. The summed E-state index contributed by atoms with van der Waals surface area (Å²) in [5, 5.41) is 0. The first kappa shape index (κ1) is 17.8. The summed E-state index contributed by atoms with van der Waals surface area (Å²) < 4.78 is 53.7. The van der Waals surface area contributed by atoms with E-state index < -0.39 is 20.0 Å². The Kier molecular flexibility index (Phi) is 4.87. The Hall–Kier alpha value is -2.98. The Morgan fingerprint density at radius 1 is 0.654 bits per heavy atom. The highest BCUT2D eigenvalue weighted by Gasteiger charge is 2.17. The molecule has 1 aromatic heterocycles. The summed E-state index contributed by atoms with van der Waals surface area (Å²) in [5.41, 5.74) is 0. The van der Waals surface area contributed by atoms with Gasteiger partial charge in [0.25, 0.3) is 20.0 Å². The summed E-state index contributed by atoms with van der Waals surface area (Å²) in [6.07, 6.45) is 1.25. The summed E-state index contributed by atoms with van der Waals surface area (Å²) in [6, 6.07) is 16.8. The van der Waals surface area contributed by atoms with Crippen molar-refractivity contribution in [3.63, 3.8) is 0 Å². The van der Waals surface area contributed by atoms with Crippen LogP contribution in [0.25, 0.3) is 0 Å². The van der Waals surface area contributed by atoms with E-state index in [1.165, 1.54) is 36.5 Å². The Bertz CT molecular complexity index is 1020. The zero-order valence-electron chi connectivity index (χ0n) is 13.3.